The maximum atomic E-state index is 13.5. The molecular weight excluding hydrogens is 262 g/mol. The van der Waals surface area contributed by atoms with Crippen LogP contribution >= 0.6 is 0 Å². The van der Waals surface area contributed by atoms with Gasteiger partial charge in [0.15, 0.2) is 0 Å². The van der Waals surface area contributed by atoms with Crippen LogP contribution < -0.4 is 0 Å². The fourth-order valence-electron chi connectivity index (χ4n) is 2.39. The van der Waals surface area contributed by atoms with Gasteiger partial charge < -0.3 is 14.6 Å². The minimum atomic E-state index is -0.534. The molecule has 1 aromatic heterocycles. The Hall–Kier alpha value is -1.62. The molecule has 0 aliphatic heterocycles. The third-order valence-electron chi connectivity index (χ3n) is 3.48. The Morgan fingerprint density at radius 2 is 2.05 bits per heavy atom. The van der Waals surface area contributed by atoms with Crippen LogP contribution in [0.5, 0.6) is 5.75 Å². The number of nitrogens with zero attached hydrogens (tertiary/aromatic N) is 2. The van der Waals surface area contributed by atoms with E-state index in [1.165, 1.54) is 6.07 Å². The summed E-state index contributed by atoms with van der Waals surface area (Å²) in [5.41, 5.74) is 1.45. The predicted molar refractivity (Wildman–Crippen MR) is 76.5 cm³/mol. The highest BCUT2D eigenvalue weighted by molar-refractivity contribution is 5.90. The normalized spacial score (nSPS) is 13.3. The molecule has 0 aliphatic carbocycles. The van der Waals surface area contributed by atoms with E-state index in [0.29, 0.717) is 17.3 Å². The van der Waals surface area contributed by atoms with E-state index in [-0.39, 0.29) is 11.8 Å². The van der Waals surface area contributed by atoms with Gasteiger partial charge in [0.25, 0.3) is 0 Å². The summed E-state index contributed by atoms with van der Waals surface area (Å²) < 4.78 is 28.1. The molecule has 1 unspecified atom stereocenters. The molecule has 0 saturated heterocycles. The number of likely N-dealkylation sites (N-methyl/N-ethyl adjacent to an activating group) is 1. The lowest BCUT2D eigenvalue weighted by atomic mass is 10.1. The maximum Gasteiger partial charge on any atom is 0.129 e. The van der Waals surface area contributed by atoms with Crippen molar-refractivity contribution in [2.45, 2.75) is 19.4 Å². The van der Waals surface area contributed by atoms with Crippen molar-refractivity contribution in [2.75, 3.05) is 27.3 Å². The SMILES string of the molecule is CC(CF)n1cc(CCN(C)C)c2c(O)cc(F)cc21. The van der Waals surface area contributed by atoms with E-state index in [2.05, 4.69) is 0 Å². The number of phenolic OH excluding ortho intramolecular Hbond substituents is 1. The summed E-state index contributed by atoms with van der Waals surface area (Å²) in [6.45, 7) is 2.01. The average molecular weight is 282 g/mol. The van der Waals surface area contributed by atoms with Crippen LogP contribution in [-0.4, -0.2) is 41.9 Å². The van der Waals surface area contributed by atoms with E-state index in [4.69, 9.17) is 0 Å². The zero-order valence-electron chi connectivity index (χ0n) is 12.0. The van der Waals surface area contributed by atoms with Crippen molar-refractivity contribution in [3.8, 4) is 5.75 Å². The van der Waals surface area contributed by atoms with Crippen molar-refractivity contribution < 1.29 is 13.9 Å². The van der Waals surface area contributed by atoms with Crippen LogP contribution in [0, 0.1) is 5.82 Å². The molecule has 0 radical (unpaired) electrons. The summed E-state index contributed by atoms with van der Waals surface area (Å²) >= 11 is 0. The van der Waals surface area contributed by atoms with Gasteiger partial charge in [0, 0.05) is 24.2 Å². The molecule has 110 valence electrons. The van der Waals surface area contributed by atoms with Crippen molar-refractivity contribution in [3.63, 3.8) is 0 Å². The van der Waals surface area contributed by atoms with Crippen molar-refractivity contribution >= 4 is 10.9 Å². The Labute approximate surface area is 117 Å². The van der Waals surface area contributed by atoms with Gasteiger partial charge in [-0.2, -0.15) is 0 Å². The van der Waals surface area contributed by atoms with E-state index in [0.717, 1.165) is 18.2 Å². The predicted octanol–water partition coefficient (Wildman–Crippen LogP) is 3.12. The third-order valence-corrected chi connectivity index (χ3v) is 3.48. The van der Waals surface area contributed by atoms with Crippen LogP contribution in [-0.2, 0) is 6.42 Å². The Bertz CT molecular complexity index is 607. The van der Waals surface area contributed by atoms with Gasteiger partial charge in [-0.3, -0.25) is 0 Å². The molecule has 0 spiro atoms. The highest BCUT2D eigenvalue weighted by Gasteiger charge is 2.17. The Morgan fingerprint density at radius 3 is 2.65 bits per heavy atom. The number of hydrogen-bond donors (Lipinski definition) is 1. The summed E-state index contributed by atoms with van der Waals surface area (Å²) in [5.74, 6) is -0.599. The summed E-state index contributed by atoms with van der Waals surface area (Å²) in [4.78, 5) is 2.03. The molecule has 1 aromatic carbocycles. The number of hydrogen-bond acceptors (Lipinski definition) is 2. The summed E-state index contributed by atoms with van der Waals surface area (Å²) in [7, 11) is 3.92. The number of rotatable bonds is 5. The Morgan fingerprint density at radius 1 is 1.35 bits per heavy atom. The molecule has 5 heteroatoms. The lowest BCUT2D eigenvalue weighted by molar-refractivity contribution is 0.382. The van der Waals surface area contributed by atoms with Crippen LogP contribution in [0.15, 0.2) is 18.3 Å². The molecule has 2 rings (SSSR count). The number of aromatic nitrogens is 1. The lowest BCUT2D eigenvalue weighted by Gasteiger charge is -2.11. The van der Waals surface area contributed by atoms with Gasteiger partial charge >= 0.3 is 0 Å². The van der Waals surface area contributed by atoms with Gasteiger partial charge in [-0.15, -0.1) is 0 Å². The van der Waals surface area contributed by atoms with E-state index in [9.17, 15) is 13.9 Å². The van der Waals surface area contributed by atoms with Crippen molar-refractivity contribution in [3.05, 3.63) is 29.7 Å². The molecule has 3 nitrogen and oxygen atoms in total. The van der Waals surface area contributed by atoms with E-state index < -0.39 is 12.5 Å². The second-order valence-corrected chi connectivity index (χ2v) is 5.44. The molecule has 0 amide bonds. The number of benzene rings is 1. The number of halogens is 2. The molecule has 0 fully saturated rings. The van der Waals surface area contributed by atoms with Crippen molar-refractivity contribution in [1.82, 2.24) is 9.47 Å². The van der Waals surface area contributed by atoms with Crippen molar-refractivity contribution in [2.24, 2.45) is 0 Å². The molecule has 0 aliphatic rings. The monoisotopic (exact) mass is 282 g/mol. The minimum Gasteiger partial charge on any atom is -0.507 e. The van der Waals surface area contributed by atoms with Gasteiger partial charge in [-0.1, -0.05) is 0 Å². The first-order valence-corrected chi connectivity index (χ1v) is 6.66. The minimum absolute atomic E-state index is 0.0847. The molecule has 1 heterocycles. The Kier molecular flexibility index (Phi) is 4.28. The molecule has 0 bridgehead atoms. The van der Waals surface area contributed by atoms with Gasteiger partial charge in [-0.25, -0.2) is 8.78 Å². The number of fused-ring (bicyclic) bond motifs is 1. The fourth-order valence-corrected chi connectivity index (χ4v) is 2.39. The van der Waals surface area contributed by atoms with E-state index >= 15 is 0 Å². The molecule has 0 saturated carbocycles. The first-order chi connectivity index (χ1) is 9.43. The number of aromatic hydroxyl groups is 1. The molecule has 1 atom stereocenters. The summed E-state index contributed by atoms with van der Waals surface area (Å²) in [6, 6.07) is 2.07. The number of phenols is 1. The highest BCUT2D eigenvalue weighted by atomic mass is 19.1. The van der Waals surface area contributed by atoms with Crippen LogP contribution in [0.4, 0.5) is 8.78 Å². The first-order valence-electron chi connectivity index (χ1n) is 6.66. The van der Waals surface area contributed by atoms with Gasteiger partial charge in [0.2, 0.25) is 0 Å². The first kappa shape index (κ1) is 14.8. The summed E-state index contributed by atoms with van der Waals surface area (Å²) in [5, 5.41) is 10.6. The molecule has 2 aromatic rings. The molecule has 20 heavy (non-hydrogen) atoms. The Balaban J connectivity index is 2.57. The van der Waals surface area contributed by atoms with Gasteiger partial charge in [0.1, 0.15) is 18.2 Å². The molecular formula is C15H20F2N2O. The standard InChI is InChI=1S/C15H20F2N2O/c1-10(8-16)19-9-11(4-5-18(2)3)15-13(19)6-12(17)7-14(15)20/h6-7,9-10,20H,4-5,8H2,1-3H3. The van der Waals surface area contributed by atoms with Gasteiger partial charge in [0.05, 0.1) is 11.6 Å². The quantitative estimate of drug-likeness (QED) is 0.912. The fraction of sp³-hybridized carbons (Fsp3) is 0.467. The van der Waals surface area contributed by atoms with Crippen LogP contribution in [0.25, 0.3) is 10.9 Å². The number of alkyl halides is 1. The smallest absolute Gasteiger partial charge is 0.129 e. The zero-order chi connectivity index (χ0) is 14.9. The van der Waals surface area contributed by atoms with E-state index in [1.54, 1.807) is 11.5 Å². The average Bonchev–Trinajstić information content (AvgIpc) is 2.74. The summed E-state index contributed by atoms with van der Waals surface area (Å²) in [6.07, 6.45) is 2.53. The van der Waals surface area contributed by atoms with E-state index in [1.807, 2.05) is 25.2 Å². The lowest BCUT2D eigenvalue weighted by Crippen LogP contribution is -2.15. The van der Waals surface area contributed by atoms with Gasteiger partial charge in [-0.05, 0) is 39.1 Å². The third kappa shape index (κ3) is 2.77. The second-order valence-electron chi connectivity index (χ2n) is 5.44. The zero-order valence-corrected chi connectivity index (χ0v) is 12.0. The van der Waals surface area contributed by atoms with Crippen LogP contribution in [0.2, 0.25) is 0 Å². The largest absolute Gasteiger partial charge is 0.507 e. The topological polar surface area (TPSA) is 28.4 Å². The van der Waals surface area contributed by atoms with Crippen LogP contribution in [0.3, 0.4) is 0 Å². The highest BCUT2D eigenvalue weighted by Crippen LogP contribution is 2.33. The second kappa shape index (κ2) is 5.79. The van der Waals surface area contributed by atoms with Crippen LogP contribution in [0.1, 0.15) is 18.5 Å². The maximum absolute atomic E-state index is 13.5. The molecule has 1 N–H and O–H groups in total. The van der Waals surface area contributed by atoms with Crippen molar-refractivity contribution in [1.29, 1.82) is 0 Å².